The molecule has 1 heterocycles. The molecule has 1 saturated heterocycles. The van der Waals surface area contributed by atoms with E-state index in [4.69, 9.17) is 0 Å². The molecule has 2 fully saturated rings. The third kappa shape index (κ3) is 3.20. The zero-order chi connectivity index (χ0) is 12.3. The van der Waals surface area contributed by atoms with Crippen molar-refractivity contribution < 1.29 is 4.79 Å². The van der Waals surface area contributed by atoms with Gasteiger partial charge >= 0.3 is 0 Å². The first-order valence-electron chi connectivity index (χ1n) is 6.81. The summed E-state index contributed by atoms with van der Waals surface area (Å²) in [4.78, 5) is 16.4. The monoisotopic (exact) mass is 237 g/mol. The lowest BCUT2D eigenvalue weighted by Crippen LogP contribution is -2.43. The van der Waals surface area contributed by atoms with Crippen LogP contribution < -0.4 is 10.6 Å². The second-order valence-electron chi connectivity index (χ2n) is 5.43. The van der Waals surface area contributed by atoms with Crippen molar-refractivity contribution in [3.05, 3.63) is 0 Å². The minimum absolute atomic E-state index is 0.0772. The van der Waals surface area contributed by atoms with E-state index in [0.717, 1.165) is 25.7 Å². The Hall–Kier alpha value is -1.06. The number of guanidine groups is 1. The second-order valence-corrected chi connectivity index (χ2v) is 5.43. The average Bonchev–Trinajstić information content (AvgIpc) is 3.03. The molecular formula is C13H23N3O. The minimum Gasteiger partial charge on any atom is -0.342 e. The lowest BCUT2D eigenvalue weighted by Gasteiger charge is -2.20. The smallest absolute Gasteiger partial charge is 0.252 e. The van der Waals surface area contributed by atoms with Gasteiger partial charge in [-0.25, -0.2) is 4.99 Å². The number of aliphatic imine (C=N–C) groups is 1. The van der Waals surface area contributed by atoms with Crippen molar-refractivity contribution in [2.45, 2.75) is 70.4 Å². The third-order valence-corrected chi connectivity index (χ3v) is 3.52. The zero-order valence-corrected chi connectivity index (χ0v) is 10.9. The normalized spacial score (nSPS) is 30.5. The highest BCUT2D eigenvalue weighted by Crippen LogP contribution is 2.25. The third-order valence-electron chi connectivity index (χ3n) is 3.52. The van der Waals surface area contributed by atoms with E-state index in [9.17, 15) is 4.79 Å². The molecule has 2 aliphatic rings. The fourth-order valence-corrected chi connectivity index (χ4v) is 2.13. The van der Waals surface area contributed by atoms with E-state index < -0.39 is 5.54 Å². The minimum atomic E-state index is -0.443. The first-order chi connectivity index (χ1) is 8.14. The van der Waals surface area contributed by atoms with Crippen molar-refractivity contribution in [3.8, 4) is 0 Å². The average molecular weight is 237 g/mol. The van der Waals surface area contributed by atoms with Crippen molar-refractivity contribution in [1.82, 2.24) is 10.6 Å². The molecule has 4 nitrogen and oxygen atoms in total. The van der Waals surface area contributed by atoms with Crippen LogP contribution in [0.2, 0.25) is 0 Å². The Morgan fingerprint density at radius 1 is 1.35 bits per heavy atom. The molecule has 1 unspecified atom stereocenters. The molecule has 2 N–H and O–H groups in total. The van der Waals surface area contributed by atoms with Crippen LogP contribution in [0.3, 0.4) is 0 Å². The molecule has 1 saturated carbocycles. The molecule has 0 aromatic carbocycles. The van der Waals surface area contributed by atoms with Gasteiger partial charge in [0.25, 0.3) is 5.91 Å². The van der Waals surface area contributed by atoms with Gasteiger partial charge in [-0.15, -0.1) is 0 Å². The van der Waals surface area contributed by atoms with Gasteiger partial charge in [-0.2, -0.15) is 0 Å². The van der Waals surface area contributed by atoms with Gasteiger partial charge < -0.3 is 5.32 Å². The van der Waals surface area contributed by atoms with Crippen LogP contribution in [0.15, 0.2) is 4.99 Å². The Morgan fingerprint density at radius 3 is 2.76 bits per heavy atom. The molecule has 4 heteroatoms. The number of nitrogens with one attached hydrogen (secondary N) is 2. The van der Waals surface area contributed by atoms with E-state index in [0.29, 0.717) is 12.0 Å². The molecule has 0 aromatic rings. The van der Waals surface area contributed by atoms with Gasteiger partial charge in [-0.1, -0.05) is 32.6 Å². The predicted octanol–water partition coefficient (Wildman–Crippen LogP) is 1.95. The van der Waals surface area contributed by atoms with Crippen LogP contribution in [0.25, 0.3) is 0 Å². The standard InChI is InChI=1S/C13H23N3O/c1-3-4-5-6-9-13(2)11(17)15-12(16-13)14-10-7-8-10/h10H,3-9H2,1-2H3,(H2,14,15,16,17). The summed E-state index contributed by atoms with van der Waals surface area (Å²) in [6.45, 7) is 4.17. The van der Waals surface area contributed by atoms with E-state index >= 15 is 0 Å². The maximum atomic E-state index is 11.9. The first-order valence-corrected chi connectivity index (χ1v) is 6.81. The molecule has 0 radical (unpaired) electrons. The number of carbonyl (C=O) groups is 1. The van der Waals surface area contributed by atoms with E-state index in [1.165, 1.54) is 19.3 Å². The molecule has 2 rings (SSSR count). The van der Waals surface area contributed by atoms with Crippen LogP contribution in [-0.2, 0) is 4.79 Å². The highest BCUT2D eigenvalue weighted by atomic mass is 16.2. The largest absolute Gasteiger partial charge is 0.342 e. The summed E-state index contributed by atoms with van der Waals surface area (Å²) < 4.78 is 0. The highest BCUT2D eigenvalue weighted by molar-refractivity contribution is 6.08. The number of unbranched alkanes of at least 4 members (excludes halogenated alkanes) is 3. The summed E-state index contributed by atoms with van der Waals surface area (Å²) in [6, 6.07) is 0.445. The quantitative estimate of drug-likeness (QED) is 0.694. The van der Waals surface area contributed by atoms with Gasteiger partial charge in [0.1, 0.15) is 5.54 Å². The topological polar surface area (TPSA) is 53.5 Å². The summed E-state index contributed by atoms with van der Waals surface area (Å²) in [5.74, 6) is 0.767. The first kappa shape index (κ1) is 12.4. The molecule has 1 amide bonds. The van der Waals surface area contributed by atoms with Gasteiger partial charge in [0.15, 0.2) is 5.96 Å². The van der Waals surface area contributed by atoms with Crippen LogP contribution in [0.4, 0.5) is 0 Å². The number of rotatable bonds is 6. The fraction of sp³-hybridized carbons (Fsp3) is 0.846. The lowest BCUT2D eigenvalue weighted by molar-refractivity contribution is -0.123. The Kier molecular flexibility index (Phi) is 3.69. The number of amides is 1. The van der Waals surface area contributed by atoms with Crippen molar-refractivity contribution in [1.29, 1.82) is 0 Å². The van der Waals surface area contributed by atoms with Crippen molar-refractivity contribution >= 4 is 11.9 Å². The van der Waals surface area contributed by atoms with Gasteiger partial charge in [0, 0.05) is 0 Å². The molecule has 0 aromatic heterocycles. The van der Waals surface area contributed by atoms with Gasteiger partial charge in [0.05, 0.1) is 6.04 Å². The summed E-state index contributed by atoms with van der Waals surface area (Å²) in [5.41, 5.74) is -0.443. The number of nitrogens with zero attached hydrogens (tertiary/aromatic N) is 1. The van der Waals surface area contributed by atoms with Crippen molar-refractivity contribution in [2.24, 2.45) is 4.99 Å². The van der Waals surface area contributed by atoms with E-state index in [1.807, 2.05) is 6.92 Å². The van der Waals surface area contributed by atoms with Crippen LogP contribution in [-0.4, -0.2) is 23.4 Å². The molecule has 96 valence electrons. The lowest BCUT2D eigenvalue weighted by atomic mass is 9.94. The fourth-order valence-electron chi connectivity index (χ4n) is 2.13. The second kappa shape index (κ2) is 5.07. The summed E-state index contributed by atoms with van der Waals surface area (Å²) in [6.07, 6.45) is 7.99. The van der Waals surface area contributed by atoms with Gasteiger partial charge in [-0.05, 0) is 26.2 Å². The van der Waals surface area contributed by atoms with Crippen LogP contribution in [0, 0.1) is 0 Å². The SMILES string of the molecule is CCCCCCC1(C)NC(=NC2CC2)NC1=O. The number of carbonyl (C=O) groups excluding carboxylic acids is 1. The van der Waals surface area contributed by atoms with Crippen LogP contribution in [0.1, 0.15) is 58.8 Å². The number of hydrogen-bond donors (Lipinski definition) is 2. The molecule has 0 spiro atoms. The van der Waals surface area contributed by atoms with Crippen LogP contribution in [0.5, 0.6) is 0 Å². The Morgan fingerprint density at radius 2 is 2.12 bits per heavy atom. The van der Waals surface area contributed by atoms with Crippen molar-refractivity contribution in [3.63, 3.8) is 0 Å². The molecule has 1 aliphatic carbocycles. The maximum Gasteiger partial charge on any atom is 0.252 e. The predicted molar refractivity (Wildman–Crippen MR) is 68.9 cm³/mol. The van der Waals surface area contributed by atoms with E-state index in [-0.39, 0.29) is 5.91 Å². The van der Waals surface area contributed by atoms with E-state index in [1.54, 1.807) is 0 Å². The molecule has 0 bridgehead atoms. The molecular weight excluding hydrogens is 214 g/mol. The zero-order valence-electron chi connectivity index (χ0n) is 10.9. The van der Waals surface area contributed by atoms with Crippen LogP contribution >= 0.6 is 0 Å². The highest BCUT2D eigenvalue weighted by Gasteiger charge is 2.40. The van der Waals surface area contributed by atoms with E-state index in [2.05, 4.69) is 22.5 Å². The van der Waals surface area contributed by atoms with Gasteiger partial charge in [0.2, 0.25) is 0 Å². The Balaban J connectivity index is 1.84. The molecule has 1 aliphatic heterocycles. The Labute approximate surface area is 103 Å². The Bertz CT molecular complexity index is 323. The molecule has 17 heavy (non-hydrogen) atoms. The van der Waals surface area contributed by atoms with Crippen molar-refractivity contribution in [2.75, 3.05) is 0 Å². The summed E-state index contributed by atoms with van der Waals surface area (Å²) >= 11 is 0. The summed E-state index contributed by atoms with van der Waals surface area (Å²) in [5, 5.41) is 6.11. The number of hydrogen-bond acceptors (Lipinski definition) is 2. The summed E-state index contributed by atoms with van der Waals surface area (Å²) in [7, 11) is 0. The maximum absolute atomic E-state index is 11.9. The molecule has 1 atom stereocenters. The van der Waals surface area contributed by atoms with Gasteiger partial charge in [-0.3, -0.25) is 10.1 Å².